The SMILES string of the molecule is N#C/C(=C/Nc1ccc2c(c1)OCO2)C(=O)NC1CCCC1. The summed E-state index contributed by atoms with van der Waals surface area (Å²) in [6.07, 6.45) is 5.65. The number of carbonyl (C=O) groups excluding carboxylic acids is 1. The molecule has 1 amide bonds. The summed E-state index contributed by atoms with van der Waals surface area (Å²) in [6.45, 7) is 0.210. The molecule has 0 atom stereocenters. The molecule has 0 spiro atoms. The molecule has 1 fully saturated rings. The van der Waals surface area contributed by atoms with Crippen LogP contribution in [0.3, 0.4) is 0 Å². The van der Waals surface area contributed by atoms with Crippen molar-refractivity contribution in [3.63, 3.8) is 0 Å². The maximum absolute atomic E-state index is 12.1. The third-order valence-electron chi connectivity index (χ3n) is 3.81. The fourth-order valence-corrected chi connectivity index (χ4v) is 2.62. The molecule has 1 aliphatic carbocycles. The lowest BCUT2D eigenvalue weighted by Crippen LogP contribution is -2.33. The largest absolute Gasteiger partial charge is 0.454 e. The lowest BCUT2D eigenvalue weighted by molar-refractivity contribution is -0.117. The number of fused-ring (bicyclic) bond motifs is 1. The number of ether oxygens (including phenoxy) is 2. The van der Waals surface area contributed by atoms with Gasteiger partial charge >= 0.3 is 0 Å². The summed E-state index contributed by atoms with van der Waals surface area (Å²) in [5.41, 5.74) is 0.787. The van der Waals surface area contributed by atoms with Gasteiger partial charge in [0.1, 0.15) is 11.6 Å². The van der Waals surface area contributed by atoms with Gasteiger partial charge in [0, 0.05) is 24.0 Å². The molecule has 2 aliphatic rings. The van der Waals surface area contributed by atoms with Gasteiger partial charge in [-0.2, -0.15) is 5.26 Å². The van der Waals surface area contributed by atoms with Gasteiger partial charge in [-0.05, 0) is 25.0 Å². The Labute approximate surface area is 128 Å². The van der Waals surface area contributed by atoms with E-state index in [4.69, 9.17) is 14.7 Å². The van der Waals surface area contributed by atoms with E-state index in [0.29, 0.717) is 11.5 Å². The van der Waals surface area contributed by atoms with Crippen LogP contribution in [-0.2, 0) is 4.79 Å². The number of rotatable bonds is 4. The molecule has 3 rings (SSSR count). The van der Waals surface area contributed by atoms with E-state index in [0.717, 1.165) is 31.4 Å². The minimum atomic E-state index is -0.331. The zero-order chi connectivity index (χ0) is 15.4. The van der Waals surface area contributed by atoms with E-state index in [1.54, 1.807) is 18.2 Å². The molecule has 6 heteroatoms. The van der Waals surface area contributed by atoms with E-state index >= 15 is 0 Å². The van der Waals surface area contributed by atoms with Crippen LogP contribution in [0.5, 0.6) is 11.5 Å². The van der Waals surface area contributed by atoms with Crippen molar-refractivity contribution >= 4 is 11.6 Å². The molecule has 0 aromatic heterocycles. The number of hydrogen-bond acceptors (Lipinski definition) is 5. The lowest BCUT2D eigenvalue weighted by Gasteiger charge is -2.11. The molecule has 0 bridgehead atoms. The average Bonchev–Trinajstić information content (AvgIpc) is 3.18. The molecular formula is C16H17N3O3. The summed E-state index contributed by atoms with van der Waals surface area (Å²) < 4.78 is 10.5. The van der Waals surface area contributed by atoms with Crippen LogP contribution in [0.1, 0.15) is 25.7 Å². The third kappa shape index (κ3) is 3.14. The van der Waals surface area contributed by atoms with E-state index in [1.807, 2.05) is 6.07 Å². The number of carbonyl (C=O) groups is 1. The van der Waals surface area contributed by atoms with Crippen LogP contribution in [0.4, 0.5) is 5.69 Å². The Bertz CT molecular complexity index is 643. The number of nitrogens with one attached hydrogen (secondary N) is 2. The summed E-state index contributed by atoms with van der Waals surface area (Å²) in [5, 5.41) is 15.0. The topological polar surface area (TPSA) is 83.4 Å². The van der Waals surface area contributed by atoms with Crippen molar-refractivity contribution in [3.05, 3.63) is 30.0 Å². The van der Waals surface area contributed by atoms with Gasteiger partial charge in [-0.1, -0.05) is 12.8 Å². The predicted octanol–water partition coefficient (Wildman–Crippen LogP) is 2.29. The minimum Gasteiger partial charge on any atom is -0.454 e. The van der Waals surface area contributed by atoms with E-state index in [-0.39, 0.29) is 24.3 Å². The van der Waals surface area contributed by atoms with Gasteiger partial charge in [-0.25, -0.2) is 0 Å². The number of benzene rings is 1. The zero-order valence-electron chi connectivity index (χ0n) is 12.1. The number of amides is 1. The molecule has 22 heavy (non-hydrogen) atoms. The third-order valence-corrected chi connectivity index (χ3v) is 3.81. The first-order valence-corrected chi connectivity index (χ1v) is 7.33. The molecule has 1 aromatic carbocycles. The number of anilines is 1. The Balaban J connectivity index is 1.64. The van der Waals surface area contributed by atoms with Gasteiger partial charge in [0.25, 0.3) is 5.91 Å². The van der Waals surface area contributed by atoms with Crippen LogP contribution in [-0.4, -0.2) is 18.7 Å². The summed E-state index contributed by atoms with van der Waals surface area (Å²) in [5.74, 6) is 1.00. The second-order valence-corrected chi connectivity index (χ2v) is 5.34. The number of nitriles is 1. The first kappa shape index (κ1) is 14.3. The van der Waals surface area contributed by atoms with Crippen molar-refractivity contribution in [3.8, 4) is 17.6 Å². The van der Waals surface area contributed by atoms with Crippen LogP contribution in [0.25, 0.3) is 0 Å². The van der Waals surface area contributed by atoms with Crippen LogP contribution < -0.4 is 20.1 Å². The van der Waals surface area contributed by atoms with E-state index in [2.05, 4.69) is 10.6 Å². The highest BCUT2D eigenvalue weighted by atomic mass is 16.7. The molecule has 1 aromatic rings. The summed E-state index contributed by atoms with van der Waals surface area (Å²) in [6, 6.07) is 7.47. The molecule has 1 heterocycles. The van der Waals surface area contributed by atoms with Crippen molar-refractivity contribution in [2.24, 2.45) is 0 Å². The Kier molecular flexibility index (Phi) is 4.15. The quantitative estimate of drug-likeness (QED) is 0.658. The molecule has 0 saturated heterocycles. The van der Waals surface area contributed by atoms with Gasteiger partial charge in [0.05, 0.1) is 0 Å². The smallest absolute Gasteiger partial charge is 0.263 e. The molecule has 1 aliphatic heterocycles. The maximum Gasteiger partial charge on any atom is 0.263 e. The second kappa shape index (κ2) is 6.39. The average molecular weight is 299 g/mol. The molecule has 0 unspecified atom stereocenters. The number of nitrogens with zero attached hydrogens (tertiary/aromatic N) is 1. The molecule has 0 radical (unpaired) electrons. The summed E-state index contributed by atoms with van der Waals surface area (Å²) in [7, 11) is 0. The highest BCUT2D eigenvalue weighted by Gasteiger charge is 2.19. The zero-order valence-corrected chi connectivity index (χ0v) is 12.1. The predicted molar refractivity (Wildman–Crippen MR) is 80.3 cm³/mol. The first-order valence-electron chi connectivity index (χ1n) is 7.33. The van der Waals surface area contributed by atoms with Crippen molar-refractivity contribution in [1.82, 2.24) is 5.32 Å². The Hall–Kier alpha value is -2.68. The van der Waals surface area contributed by atoms with Crippen LogP contribution in [0, 0.1) is 11.3 Å². The highest BCUT2D eigenvalue weighted by molar-refractivity contribution is 5.97. The van der Waals surface area contributed by atoms with Gasteiger partial charge in [-0.3, -0.25) is 4.79 Å². The number of hydrogen-bond donors (Lipinski definition) is 2. The first-order chi connectivity index (χ1) is 10.8. The van der Waals surface area contributed by atoms with Crippen LogP contribution >= 0.6 is 0 Å². The molecule has 114 valence electrons. The van der Waals surface area contributed by atoms with Crippen LogP contribution in [0.15, 0.2) is 30.0 Å². The Morgan fingerprint density at radius 3 is 2.82 bits per heavy atom. The molecule has 2 N–H and O–H groups in total. The van der Waals surface area contributed by atoms with Crippen LogP contribution in [0.2, 0.25) is 0 Å². The summed E-state index contributed by atoms with van der Waals surface area (Å²) in [4.78, 5) is 12.1. The van der Waals surface area contributed by atoms with Gasteiger partial charge < -0.3 is 20.1 Å². The minimum absolute atomic E-state index is 0.0598. The monoisotopic (exact) mass is 299 g/mol. The second-order valence-electron chi connectivity index (χ2n) is 5.34. The normalized spacial score (nSPS) is 17.1. The fraction of sp³-hybridized carbons (Fsp3) is 0.375. The van der Waals surface area contributed by atoms with Gasteiger partial charge in [0.2, 0.25) is 6.79 Å². The van der Waals surface area contributed by atoms with E-state index < -0.39 is 0 Å². The molecule has 6 nitrogen and oxygen atoms in total. The van der Waals surface area contributed by atoms with Crippen molar-refractivity contribution < 1.29 is 14.3 Å². The maximum atomic E-state index is 12.1. The molecule has 1 saturated carbocycles. The van der Waals surface area contributed by atoms with Gasteiger partial charge in [0.15, 0.2) is 11.5 Å². The standard InChI is InChI=1S/C16H17N3O3/c17-8-11(16(20)19-12-3-1-2-4-12)9-18-13-5-6-14-15(7-13)22-10-21-14/h5-7,9,12,18H,1-4,10H2,(H,19,20)/b11-9-. The van der Waals surface area contributed by atoms with Crippen molar-refractivity contribution in [2.75, 3.05) is 12.1 Å². The van der Waals surface area contributed by atoms with Gasteiger partial charge in [-0.15, -0.1) is 0 Å². The lowest BCUT2D eigenvalue weighted by atomic mass is 10.2. The van der Waals surface area contributed by atoms with Crippen molar-refractivity contribution in [1.29, 1.82) is 5.26 Å². The fourth-order valence-electron chi connectivity index (χ4n) is 2.62. The van der Waals surface area contributed by atoms with E-state index in [9.17, 15) is 4.79 Å². The Morgan fingerprint density at radius 1 is 1.27 bits per heavy atom. The highest BCUT2D eigenvalue weighted by Crippen LogP contribution is 2.34. The van der Waals surface area contributed by atoms with E-state index in [1.165, 1.54) is 6.20 Å². The van der Waals surface area contributed by atoms with Crippen molar-refractivity contribution in [2.45, 2.75) is 31.7 Å². The summed E-state index contributed by atoms with van der Waals surface area (Å²) >= 11 is 0. The Morgan fingerprint density at radius 2 is 2.05 bits per heavy atom. The molecular weight excluding hydrogens is 282 g/mol.